The fraction of sp³-hybridized carbons (Fsp3) is 0.588. The van der Waals surface area contributed by atoms with Crippen LogP contribution in [-0.2, 0) is 6.54 Å². The molecule has 5 nitrogen and oxygen atoms in total. The van der Waals surface area contributed by atoms with E-state index in [1.54, 1.807) is 7.11 Å². The maximum absolute atomic E-state index is 5.36. The van der Waals surface area contributed by atoms with E-state index in [9.17, 15) is 0 Å². The molecule has 0 aliphatic carbocycles. The lowest BCUT2D eigenvalue weighted by Crippen LogP contribution is -2.42. The largest absolute Gasteiger partial charge is 0.496 e. The molecule has 0 aromatic heterocycles. The summed E-state index contributed by atoms with van der Waals surface area (Å²) in [6.07, 6.45) is 0. The summed E-state index contributed by atoms with van der Waals surface area (Å²) in [4.78, 5) is 6.93. The second-order valence-corrected chi connectivity index (χ2v) is 5.51. The molecular formula is C17H30N4O. The molecular weight excluding hydrogens is 276 g/mol. The first-order valence-electron chi connectivity index (χ1n) is 7.92. The van der Waals surface area contributed by atoms with Crippen molar-refractivity contribution in [1.82, 2.24) is 15.5 Å². The van der Waals surface area contributed by atoms with Gasteiger partial charge in [-0.2, -0.15) is 0 Å². The fourth-order valence-corrected chi connectivity index (χ4v) is 1.95. The van der Waals surface area contributed by atoms with Crippen LogP contribution in [-0.4, -0.2) is 50.7 Å². The van der Waals surface area contributed by atoms with Crippen molar-refractivity contribution in [2.45, 2.75) is 33.4 Å². The maximum atomic E-state index is 5.36. The number of rotatable bonds is 8. The Morgan fingerprint density at radius 2 is 2.00 bits per heavy atom. The Morgan fingerprint density at radius 3 is 2.64 bits per heavy atom. The first kappa shape index (κ1) is 18.3. The van der Waals surface area contributed by atoms with Crippen molar-refractivity contribution in [3.05, 3.63) is 29.8 Å². The van der Waals surface area contributed by atoms with Gasteiger partial charge in [-0.15, -0.1) is 0 Å². The smallest absolute Gasteiger partial charge is 0.191 e. The van der Waals surface area contributed by atoms with Crippen LogP contribution in [0.1, 0.15) is 26.3 Å². The summed E-state index contributed by atoms with van der Waals surface area (Å²) in [5.41, 5.74) is 1.08. The lowest BCUT2D eigenvalue weighted by atomic mass is 10.2. The summed E-state index contributed by atoms with van der Waals surface area (Å²) < 4.78 is 5.36. The molecule has 5 heteroatoms. The predicted octanol–water partition coefficient (Wildman–Crippen LogP) is 2.09. The second kappa shape index (κ2) is 10.1. The van der Waals surface area contributed by atoms with Crippen molar-refractivity contribution in [2.24, 2.45) is 4.99 Å². The number of methoxy groups -OCH3 is 1. The molecule has 1 rings (SSSR count). The van der Waals surface area contributed by atoms with Crippen molar-refractivity contribution in [3.63, 3.8) is 0 Å². The molecule has 0 atom stereocenters. The first-order valence-corrected chi connectivity index (χ1v) is 7.92. The van der Waals surface area contributed by atoms with Gasteiger partial charge in [0.05, 0.1) is 13.7 Å². The molecule has 0 fully saturated rings. The van der Waals surface area contributed by atoms with Gasteiger partial charge >= 0.3 is 0 Å². The van der Waals surface area contributed by atoms with Gasteiger partial charge in [-0.25, -0.2) is 4.99 Å². The minimum absolute atomic E-state index is 0.551. The van der Waals surface area contributed by atoms with E-state index in [0.29, 0.717) is 12.6 Å². The quantitative estimate of drug-likeness (QED) is 0.570. The van der Waals surface area contributed by atoms with Gasteiger partial charge in [0.1, 0.15) is 5.75 Å². The van der Waals surface area contributed by atoms with Crippen molar-refractivity contribution in [3.8, 4) is 5.75 Å². The molecule has 0 heterocycles. The minimum Gasteiger partial charge on any atom is -0.496 e. The highest BCUT2D eigenvalue weighted by molar-refractivity contribution is 5.79. The Morgan fingerprint density at radius 1 is 1.27 bits per heavy atom. The summed E-state index contributed by atoms with van der Waals surface area (Å²) in [6.45, 7) is 9.75. The molecule has 0 radical (unpaired) electrons. The number of nitrogens with zero attached hydrogens (tertiary/aromatic N) is 2. The molecule has 0 saturated heterocycles. The Kier molecular flexibility index (Phi) is 8.36. The van der Waals surface area contributed by atoms with E-state index in [2.05, 4.69) is 48.3 Å². The normalized spacial score (nSPS) is 11.9. The van der Waals surface area contributed by atoms with Gasteiger partial charge in [-0.1, -0.05) is 18.2 Å². The monoisotopic (exact) mass is 306 g/mol. The van der Waals surface area contributed by atoms with E-state index >= 15 is 0 Å². The highest BCUT2D eigenvalue weighted by Crippen LogP contribution is 2.17. The summed E-state index contributed by atoms with van der Waals surface area (Å²) in [7, 11) is 3.82. The van der Waals surface area contributed by atoms with Gasteiger partial charge < -0.3 is 20.3 Å². The molecule has 1 aromatic carbocycles. The van der Waals surface area contributed by atoms with Gasteiger partial charge in [0, 0.05) is 31.2 Å². The number of aliphatic imine (C=N–C) groups is 1. The molecule has 124 valence electrons. The molecule has 0 unspecified atom stereocenters. The van der Waals surface area contributed by atoms with E-state index in [1.807, 2.05) is 24.3 Å². The lowest BCUT2D eigenvalue weighted by molar-refractivity contribution is 0.278. The highest BCUT2D eigenvalue weighted by atomic mass is 16.5. The van der Waals surface area contributed by atoms with Crippen LogP contribution in [0.4, 0.5) is 0 Å². The number of para-hydroxylation sites is 1. The minimum atomic E-state index is 0.551. The van der Waals surface area contributed by atoms with Crippen LogP contribution in [0.5, 0.6) is 5.75 Å². The number of hydrogen-bond donors (Lipinski definition) is 2. The van der Waals surface area contributed by atoms with Crippen molar-refractivity contribution < 1.29 is 4.74 Å². The van der Waals surface area contributed by atoms with E-state index < -0.39 is 0 Å². The van der Waals surface area contributed by atoms with Crippen LogP contribution in [0.3, 0.4) is 0 Å². The molecule has 0 aliphatic rings. The van der Waals surface area contributed by atoms with E-state index in [0.717, 1.165) is 36.9 Å². The molecule has 2 N–H and O–H groups in total. The SMILES string of the molecule is CCNC(=NCc1ccccc1OC)NCCN(C)C(C)C. The Bertz CT molecular complexity index is 460. The molecule has 0 spiro atoms. The van der Waals surface area contributed by atoms with E-state index in [1.165, 1.54) is 0 Å². The van der Waals surface area contributed by atoms with Gasteiger partial charge in [0.15, 0.2) is 5.96 Å². The zero-order valence-corrected chi connectivity index (χ0v) is 14.5. The number of likely N-dealkylation sites (N-methyl/N-ethyl adjacent to an activating group) is 1. The van der Waals surface area contributed by atoms with Gasteiger partial charge in [0.2, 0.25) is 0 Å². The lowest BCUT2D eigenvalue weighted by Gasteiger charge is -2.21. The number of ether oxygens (including phenoxy) is 1. The van der Waals surface area contributed by atoms with Crippen LogP contribution < -0.4 is 15.4 Å². The average Bonchev–Trinajstić information content (AvgIpc) is 2.52. The number of guanidine groups is 1. The third-order valence-electron chi connectivity index (χ3n) is 3.58. The average molecular weight is 306 g/mol. The summed E-state index contributed by atoms with van der Waals surface area (Å²) in [5, 5.41) is 6.64. The zero-order valence-electron chi connectivity index (χ0n) is 14.5. The molecule has 0 bridgehead atoms. The second-order valence-electron chi connectivity index (χ2n) is 5.51. The molecule has 0 aliphatic heterocycles. The highest BCUT2D eigenvalue weighted by Gasteiger charge is 2.04. The van der Waals surface area contributed by atoms with E-state index in [4.69, 9.17) is 4.74 Å². The Labute approximate surface area is 134 Å². The molecule has 0 amide bonds. The van der Waals surface area contributed by atoms with Gasteiger partial charge in [-0.05, 0) is 33.9 Å². The number of hydrogen-bond acceptors (Lipinski definition) is 3. The number of benzene rings is 1. The molecule has 22 heavy (non-hydrogen) atoms. The van der Waals surface area contributed by atoms with Crippen molar-refractivity contribution in [1.29, 1.82) is 0 Å². The van der Waals surface area contributed by atoms with E-state index in [-0.39, 0.29) is 0 Å². The van der Waals surface area contributed by atoms with Crippen molar-refractivity contribution >= 4 is 5.96 Å². The third-order valence-corrected chi connectivity index (χ3v) is 3.58. The predicted molar refractivity (Wildman–Crippen MR) is 93.6 cm³/mol. The van der Waals surface area contributed by atoms with Crippen LogP contribution >= 0.6 is 0 Å². The van der Waals surface area contributed by atoms with Crippen LogP contribution in [0.25, 0.3) is 0 Å². The Hall–Kier alpha value is -1.75. The van der Waals surface area contributed by atoms with Crippen molar-refractivity contribution in [2.75, 3.05) is 33.8 Å². The molecule has 1 aromatic rings. The van der Waals surface area contributed by atoms with Crippen LogP contribution in [0.15, 0.2) is 29.3 Å². The third kappa shape index (κ3) is 6.35. The summed E-state index contributed by atoms with van der Waals surface area (Å²) in [5.74, 6) is 1.72. The van der Waals surface area contributed by atoms with Gasteiger partial charge in [-0.3, -0.25) is 0 Å². The van der Waals surface area contributed by atoms with Gasteiger partial charge in [0.25, 0.3) is 0 Å². The summed E-state index contributed by atoms with van der Waals surface area (Å²) in [6, 6.07) is 8.53. The number of nitrogens with one attached hydrogen (secondary N) is 2. The standard InChI is InChI=1S/C17H30N4O/c1-6-18-17(19-11-12-21(4)14(2)3)20-13-15-9-7-8-10-16(15)22-5/h7-10,14H,6,11-13H2,1-5H3,(H2,18,19,20). The fourth-order valence-electron chi connectivity index (χ4n) is 1.95. The maximum Gasteiger partial charge on any atom is 0.191 e. The topological polar surface area (TPSA) is 48.9 Å². The Balaban J connectivity index is 2.58. The summed E-state index contributed by atoms with van der Waals surface area (Å²) >= 11 is 0. The first-order chi connectivity index (χ1) is 10.6. The van der Waals surface area contributed by atoms with Crippen LogP contribution in [0.2, 0.25) is 0 Å². The molecule has 0 saturated carbocycles. The zero-order chi connectivity index (χ0) is 16.4. The van der Waals surface area contributed by atoms with Crippen LogP contribution in [0, 0.1) is 0 Å².